The molecule has 5 rings (SSSR count). The second-order valence-electron chi connectivity index (χ2n) is 8.87. The number of nitriles is 3. The molecule has 0 aliphatic heterocycles. The Hall–Kier alpha value is -6.32. The van der Waals surface area contributed by atoms with E-state index < -0.39 is 11.6 Å². The average molecular weight is 518 g/mol. The van der Waals surface area contributed by atoms with E-state index in [1.807, 2.05) is 12.1 Å². The van der Waals surface area contributed by atoms with Crippen molar-refractivity contribution in [1.82, 2.24) is 0 Å². The van der Waals surface area contributed by atoms with Crippen molar-refractivity contribution in [3.63, 3.8) is 0 Å². The molecule has 184 valence electrons. The van der Waals surface area contributed by atoms with Crippen LogP contribution in [0.5, 0.6) is 0 Å². The smallest absolute Gasteiger partial charge is 0.238 e. The quantitative estimate of drug-likeness (QED) is 0.331. The molecule has 0 aromatic heterocycles. The van der Waals surface area contributed by atoms with Gasteiger partial charge in [-0.1, -0.05) is 24.3 Å². The molecule has 0 bridgehead atoms. The molecule has 0 saturated carbocycles. The first-order valence-electron chi connectivity index (χ1n) is 11.7. The highest BCUT2D eigenvalue weighted by Gasteiger charge is 2.35. The zero-order chi connectivity index (χ0) is 28.6. The van der Waals surface area contributed by atoms with Crippen LogP contribution in [0.15, 0.2) is 71.1 Å². The van der Waals surface area contributed by atoms with Crippen LogP contribution in [0, 0.1) is 65.3 Å². The number of hydrogen-bond donors (Lipinski definition) is 0. The van der Waals surface area contributed by atoms with Crippen LogP contribution in [-0.4, -0.2) is 0 Å². The van der Waals surface area contributed by atoms with E-state index in [9.17, 15) is 24.6 Å². The van der Waals surface area contributed by atoms with Gasteiger partial charge >= 0.3 is 5.82 Å². The normalized spacial score (nSPS) is 12.7. The van der Waals surface area contributed by atoms with Crippen molar-refractivity contribution in [2.24, 2.45) is 0 Å². The maximum atomic E-state index is 14.0. The third-order valence-electron chi connectivity index (χ3n) is 6.99. The fourth-order valence-electron chi connectivity index (χ4n) is 5.41. The second kappa shape index (κ2) is 9.86. The lowest BCUT2D eigenvalue weighted by molar-refractivity contribution is 0.627. The van der Waals surface area contributed by atoms with Crippen molar-refractivity contribution in [3.8, 4) is 40.5 Å². The Balaban J connectivity index is 2.14. The fraction of sp³-hybridized carbons (Fsp3) is 0.0625. The van der Waals surface area contributed by atoms with Crippen LogP contribution in [0.25, 0.3) is 48.1 Å². The minimum absolute atomic E-state index is 0.00564. The summed E-state index contributed by atoms with van der Waals surface area (Å²) in [5, 5.41) is 30.5. The molecule has 3 aromatic rings. The number of benzene rings is 3. The lowest BCUT2D eigenvalue weighted by atomic mass is 9.87. The first kappa shape index (κ1) is 25.3. The van der Waals surface area contributed by atoms with Gasteiger partial charge in [0.25, 0.3) is 0 Å². The van der Waals surface area contributed by atoms with Gasteiger partial charge in [-0.3, -0.25) is 0 Å². The molecular formula is C32H12F2N6. The van der Waals surface area contributed by atoms with Gasteiger partial charge in [-0.2, -0.15) is 25.5 Å². The molecule has 0 N–H and O–H groups in total. The van der Waals surface area contributed by atoms with Crippen LogP contribution in [0.2, 0.25) is 0 Å². The minimum Gasteiger partial charge on any atom is -0.238 e. The molecule has 2 aliphatic carbocycles. The number of halogens is 2. The fourth-order valence-corrected chi connectivity index (χ4v) is 5.41. The van der Waals surface area contributed by atoms with Crippen molar-refractivity contribution in [3.05, 3.63) is 139 Å². The molecule has 0 radical (unpaired) electrons. The van der Waals surface area contributed by atoms with Gasteiger partial charge in [0.2, 0.25) is 0 Å². The highest BCUT2D eigenvalue weighted by Crippen LogP contribution is 2.39. The van der Waals surface area contributed by atoms with Crippen LogP contribution in [0.4, 0.5) is 8.78 Å². The molecule has 0 saturated heterocycles. The largest absolute Gasteiger partial charge is 0.512 e. The molecule has 0 fully saturated rings. The van der Waals surface area contributed by atoms with Crippen molar-refractivity contribution < 1.29 is 8.78 Å². The zero-order valence-electron chi connectivity index (χ0n) is 20.5. The molecular weight excluding hydrogens is 506 g/mol. The summed E-state index contributed by atoms with van der Waals surface area (Å²) in [5.41, 5.74) is 3.48. The van der Waals surface area contributed by atoms with E-state index in [1.54, 1.807) is 0 Å². The molecule has 8 heteroatoms. The van der Waals surface area contributed by atoms with Gasteiger partial charge in [0.1, 0.15) is 48.6 Å². The molecule has 0 heterocycles. The summed E-state index contributed by atoms with van der Waals surface area (Å²) in [7, 11) is 0. The van der Waals surface area contributed by atoms with Crippen LogP contribution < -0.4 is 10.4 Å². The van der Waals surface area contributed by atoms with Gasteiger partial charge in [-0.25, -0.2) is 13.6 Å². The second-order valence-corrected chi connectivity index (χ2v) is 8.87. The summed E-state index contributed by atoms with van der Waals surface area (Å²) >= 11 is 0. The Labute approximate surface area is 227 Å². The Morgan fingerprint density at radius 1 is 0.700 bits per heavy atom. The molecule has 0 atom stereocenters. The van der Waals surface area contributed by atoms with E-state index in [-0.39, 0.29) is 46.7 Å². The molecule has 2 aliphatic rings. The van der Waals surface area contributed by atoms with Gasteiger partial charge in [0.05, 0.1) is 17.7 Å². The van der Waals surface area contributed by atoms with E-state index in [1.165, 1.54) is 48.5 Å². The third kappa shape index (κ3) is 3.71. The van der Waals surface area contributed by atoms with Gasteiger partial charge in [0.15, 0.2) is 5.70 Å². The molecule has 6 nitrogen and oxygen atoms in total. The van der Waals surface area contributed by atoms with Crippen molar-refractivity contribution in [2.75, 3.05) is 0 Å². The zero-order valence-corrected chi connectivity index (χ0v) is 20.5. The summed E-state index contributed by atoms with van der Waals surface area (Å²) in [6.45, 7) is 23.1. The van der Waals surface area contributed by atoms with Crippen LogP contribution >= 0.6 is 0 Å². The predicted octanol–water partition coefficient (Wildman–Crippen LogP) is 5.51. The highest BCUT2D eigenvalue weighted by atomic mass is 19.1. The third-order valence-corrected chi connectivity index (χ3v) is 6.99. The van der Waals surface area contributed by atoms with E-state index in [0.717, 1.165) is 0 Å². The molecule has 0 unspecified atom stereocenters. The van der Waals surface area contributed by atoms with E-state index in [2.05, 4.69) is 20.6 Å². The summed E-state index contributed by atoms with van der Waals surface area (Å²) in [4.78, 5) is 10.4. The van der Waals surface area contributed by atoms with Crippen molar-refractivity contribution in [2.45, 2.75) is 12.8 Å². The van der Waals surface area contributed by atoms with Gasteiger partial charge in [0, 0.05) is 17.2 Å². The summed E-state index contributed by atoms with van der Waals surface area (Å²) in [6, 6.07) is 17.0. The lowest BCUT2D eigenvalue weighted by Gasteiger charge is -2.17. The summed E-state index contributed by atoms with van der Waals surface area (Å²) < 4.78 is 27.9. The summed E-state index contributed by atoms with van der Waals surface area (Å²) in [6.07, 6.45) is 0.0220. The molecule has 3 aromatic carbocycles. The Morgan fingerprint density at radius 2 is 1.18 bits per heavy atom. The maximum absolute atomic E-state index is 14.0. The number of rotatable bonds is 2. The van der Waals surface area contributed by atoms with Gasteiger partial charge in [-0.15, -0.1) is 0 Å². The topological polar surface area (TPSA) is 84.5 Å². The minimum atomic E-state index is -0.487. The average Bonchev–Trinajstić information content (AvgIpc) is 3.53. The molecule has 0 amide bonds. The van der Waals surface area contributed by atoms with E-state index in [0.29, 0.717) is 43.8 Å². The van der Waals surface area contributed by atoms with E-state index >= 15 is 0 Å². The molecule has 40 heavy (non-hydrogen) atoms. The first-order valence-corrected chi connectivity index (χ1v) is 11.7. The van der Waals surface area contributed by atoms with Crippen molar-refractivity contribution in [1.29, 1.82) is 15.8 Å². The van der Waals surface area contributed by atoms with Crippen LogP contribution in [0.1, 0.15) is 11.1 Å². The number of hydrogen-bond acceptors (Lipinski definition) is 3. The molecule has 0 spiro atoms. The standard InChI is InChI=1S/C32H12F2N6/c1-38-31-25(32(39-2)40-3)13-24-27(17-4-8-20(33)9-5-17)29-23(12-22(26(29)16-37)19(14-35)15-36)28(30(24)31)18-6-10-21(34)11-7-18/h4-11H,12-13H2. The number of allylic oxidation sites excluding steroid dienone is 2. The number of nitrogens with zero attached hydrogens (tertiary/aromatic N) is 6. The summed E-state index contributed by atoms with van der Waals surface area (Å²) in [5.74, 6) is -1.24. The first-order chi connectivity index (χ1) is 19.4. The van der Waals surface area contributed by atoms with Crippen LogP contribution in [-0.2, 0) is 12.8 Å². The van der Waals surface area contributed by atoms with E-state index in [4.69, 9.17) is 19.7 Å². The SMILES string of the molecule is [C-]#[N+]C([N+]#[C-])=C1Cc2c(-c3ccc(F)cc3)c3c(c(-c4ccc(F)cc4)c2=C1[N+]#[C-])CC(=C(C#N)C#N)C=3C#N. The lowest BCUT2D eigenvalue weighted by Crippen LogP contribution is -2.24. The maximum Gasteiger partial charge on any atom is 0.512 e. The Morgan fingerprint density at radius 3 is 1.62 bits per heavy atom. The Kier molecular flexibility index (Phi) is 6.24. The highest BCUT2D eigenvalue weighted by molar-refractivity contribution is 5.95. The monoisotopic (exact) mass is 518 g/mol. The van der Waals surface area contributed by atoms with Gasteiger partial charge in [-0.05, 0) is 69.3 Å². The van der Waals surface area contributed by atoms with Crippen LogP contribution in [0.3, 0.4) is 0 Å². The van der Waals surface area contributed by atoms with Crippen molar-refractivity contribution >= 4 is 11.3 Å². The number of fused-ring (bicyclic) bond motifs is 2. The van der Waals surface area contributed by atoms with Gasteiger partial charge < -0.3 is 0 Å². The predicted molar refractivity (Wildman–Crippen MR) is 141 cm³/mol. The Bertz CT molecular complexity index is 1920.